The lowest BCUT2D eigenvalue weighted by atomic mass is 10.0. The number of halogens is 3. The molecule has 0 aliphatic heterocycles. The molecule has 0 radical (unpaired) electrons. The van der Waals surface area contributed by atoms with Gasteiger partial charge in [0, 0.05) is 41.8 Å². The van der Waals surface area contributed by atoms with Crippen LogP contribution >= 0.6 is 0 Å². The van der Waals surface area contributed by atoms with Crippen LogP contribution in [-0.2, 0) is 12.6 Å². The van der Waals surface area contributed by atoms with Crippen LogP contribution in [0.4, 0.5) is 18.9 Å². The molecule has 0 atom stereocenters. The molecule has 5 aromatic rings. The summed E-state index contributed by atoms with van der Waals surface area (Å²) in [6, 6.07) is 15.2. The fourth-order valence-corrected chi connectivity index (χ4v) is 3.91. The summed E-state index contributed by atoms with van der Waals surface area (Å²) in [4.78, 5) is 29.5. The molecule has 2 N–H and O–H groups in total. The van der Waals surface area contributed by atoms with Gasteiger partial charge in [0.05, 0.1) is 22.3 Å². The van der Waals surface area contributed by atoms with Crippen LogP contribution in [0.5, 0.6) is 0 Å². The first kappa shape index (κ1) is 23.2. The van der Waals surface area contributed by atoms with Gasteiger partial charge in [-0.1, -0.05) is 6.07 Å². The normalized spacial score (nSPS) is 11.6. The Morgan fingerprint density at radius 1 is 1.03 bits per heavy atom. The second kappa shape index (κ2) is 9.26. The van der Waals surface area contributed by atoms with E-state index in [0.717, 1.165) is 57.7 Å². The number of fused-ring (bicyclic) bond motifs is 1. The number of hydrogen-bond donors (Lipinski definition) is 2. The first-order chi connectivity index (χ1) is 17.3. The average molecular weight is 487 g/mol. The lowest BCUT2D eigenvalue weighted by Gasteiger charge is -2.12. The number of aromatic nitrogens is 4. The van der Waals surface area contributed by atoms with Gasteiger partial charge in [0.1, 0.15) is 5.82 Å². The van der Waals surface area contributed by atoms with Crippen molar-refractivity contribution in [1.82, 2.24) is 19.9 Å². The minimum absolute atomic E-state index is 0.132. The molecular weight excluding hydrogens is 467 g/mol. The van der Waals surface area contributed by atoms with Gasteiger partial charge in [-0.3, -0.25) is 9.78 Å². The molecule has 6 nitrogen and oxygen atoms in total. The summed E-state index contributed by atoms with van der Waals surface area (Å²) < 4.78 is 38.4. The number of carbonyl (C=O) groups excluding carboxylic acids is 1. The van der Waals surface area contributed by atoms with E-state index >= 15 is 0 Å². The van der Waals surface area contributed by atoms with Crippen LogP contribution in [0.1, 0.15) is 32.9 Å². The van der Waals surface area contributed by atoms with Crippen molar-refractivity contribution in [1.29, 1.82) is 0 Å². The van der Waals surface area contributed by atoms with E-state index in [9.17, 15) is 18.0 Å². The highest BCUT2D eigenvalue weighted by Gasteiger charge is 2.30. The van der Waals surface area contributed by atoms with Crippen LogP contribution < -0.4 is 5.32 Å². The van der Waals surface area contributed by atoms with Gasteiger partial charge in [-0.25, -0.2) is 9.97 Å². The summed E-state index contributed by atoms with van der Waals surface area (Å²) in [5, 5.41) is 2.76. The molecule has 9 heteroatoms. The molecular formula is C27H20F3N5O. The molecule has 3 aromatic heterocycles. The summed E-state index contributed by atoms with van der Waals surface area (Å²) in [7, 11) is 0. The van der Waals surface area contributed by atoms with E-state index in [-0.39, 0.29) is 5.56 Å². The van der Waals surface area contributed by atoms with Crippen molar-refractivity contribution in [2.45, 2.75) is 19.5 Å². The summed E-state index contributed by atoms with van der Waals surface area (Å²) in [6.45, 7) is 1.95. The molecule has 1 amide bonds. The van der Waals surface area contributed by atoms with Crippen LogP contribution in [0, 0.1) is 6.92 Å². The number of benzene rings is 2. The van der Waals surface area contributed by atoms with Gasteiger partial charge in [0.15, 0.2) is 0 Å². The van der Waals surface area contributed by atoms with Gasteiger partial charge in [0.2, 0.25) is 0 Å². The van der Waals surface area contributed by atoms with Gasteiger partial charge in [0.25, 0.3) is 5.91 Å². The molecule has 36 heavy (non-hydrogen) atoms. The van der Waals surface area contributed by atoms with Crippen molar-refractivity contribution >= 4 is 22.6 Å². The minimum atomic E-state index is -4.46. The smallest absolute Gasteiger partial charge is 0.358 e. The maximum atomic E-state index is 12.8. The fourth-order valence-electron chi connectivity index (χ4n) is 3.91. The van der Waals surface area contributed by atoms with Gasteiger partial charge >= 0.3 is 6.18 Å². The molecule has 0 aliphatic rings. The molecule has 0 aliphatic carbocycles. The number of nitrogens with zero attached hydrogens (tertiary/aromatic N) is 3. The summed E-state index contributed by atoms with van der Waals surface area (Å²) in [5.74, 6) is 0.109. The molecule has 0 fully saturated rings. The predicted octanol–water partition coefficient (Wildman–Crippen LogP) is 6.19. The Morgan fingerprint density at radius 3 is 2.56 bits per heavy atom. The summed E-state index contributed by atoms with van der Waals surface area (Å²) in [6.07, 6.45) is 1.22. The van der Waals surface area contributed by atoms with Crippen molar-refractivity contribution in [2.24, 2.45) is 0 Å². The first-order valence-electron chi connectivity index (χ1n) is 11.1. The Balaban J connectivity index is 1.40. The maximum Gasteiger partial charge on any atom is 0.416 e. The molecule has 5 rings (SSSR count). The number of pyridine rings is 1. The Morgan fingerprint density at radius 2 is 1.83 bits per heavy atom. The number of aryl methyl sites for hydroxylation is 1. The number of anilines is 1. The molecule has 3 heterocycles. The van der Waals surface area contributed by atoms with Crippen molar-refractivity contribution in [3.8, 4) is 11.3 Å². The minimum Gasteiger partial charge on any atom is -0.358 e. The molecule has 0 unspecified atom stereocenters. The Hall–Kier alpha value is -4.53. The second-order valence-corrected chi connectivity index (χ2v) is 8.32. The highest BCUT2D eigenvalue weighted by atomic mass is 19.4. The number of hydrogen-bond acceptors (Lipinski definition) is 4. The summed E-state index contributed by atoms with van der Waals surface area (Å²) in [5.41, 5.74) is 4.96. The van der Waals surface area contributed by atoms with Crippen molar-refractivity contribution in [2.75, 3.05) is 5.32 Å². The van der Waals surface area contributed by atoms with Crippen molar-refractivity contribution in [3.05, 3.63) is 107 Å². The zero-order chi connectivity index (χ0) is 25.3. The highest BCUT2D eigenvalue weighted by Crippen LogP contribution is 2.29. The van der Waals surface area contributed by atoms with E-state index in [1.807, 2.05) is 43.5 Å². The fraction of sp³-hybridized carbons (Fsp3) is 0.111. The average Bonchev–Trinajstić information content (AvgIpc) is 3.34. The van der Waals surface area contributed by atoms with Gasteiger partial charge < -0.3 is 10.3 Å². The summed E-state index contributed by atoms with van der Waals surface area (Å²) >= 11 is 0. The number of aromatic amines is 1. The monoisotopic (exact) mass is 487 g/mol. The van der Waals surface area contributed by atoms with Crippen molar-refractivity contribution in [3.63, 3.8) is 0 Å². The Bertz CT molecular complexity index is 1540. The molecule has 0 saturated carbocycles. The van der Waals surface area contributed by atoms with Crippen LogP contribution in [0.2, 0.25) is 0 Å². The topological polar surface area (TPSA) is 83.6 Å². The third-order valence-corrected chi connectivity index (χ3v) is 5.82. The van der Waals surface area contributed by atoms with E-state index in [0.29, 0.717) is 17.9 Å². The first-order valence-corrected chi connectivity index (χ1v) is 11.1. The Labute approximate surface area is 204 Å². The number of amides is 1. The van der Waals surface area contributed by atoms with Crippen LogP contribution in [0.3, 0.4) is 0 Å². The molecule has 180 valence electrons. The number of carbonyl (C=O) groups is 1. The third kappa shape index (κ3) is 4.81. The van der Waals surface area contributed by atoms with E-state index in [2.05, 4.69) is 20.3 Å². The largest absolute Gasteiger partial charge is 0.416 e. The number of alkyl halides is 3. The van der Waals surface area contributed by atoms with Gasteiger partial charge in [-0.05, 0) is 72.6 Å². The molecule has 0 bridgehead atoms. The zero-order valence-corrected chi connectivity index (χ0v) is 19.1. The van der Waals surface area contributed by atoms with E-state index in [1.165, 1.54) is 0 Å². The van der Waals surface area contributed by atoms with Crippen LogP contribution in [0.15, 0.2) is 79.3 Å². The quantitative estimate of drug-likeness (QED) is 0.310. The van der Waals surface area contributed by atoms with E-state index < -0.39 is 17.6 Å². The molecule has 0 spiro atoms. The maximum absolute atomic E-state index is 12.8. The second-order valence-electron chi connectivity index (χ2n) is 8.32. The number of rotatable bonds is 5. The number of H-pyrrole nitrogens is 1. The van der Waals surface area contributed by atoms with Crippen LogP contribution in [0.25, 0.3) is 22.3 Å². The van der Waals surface area contributed by atoms with Crippen molar-refractivity contribution < 1.29 is 18.0 Å². The van der Waals surface area contributed by atoms with E-state index in [4.69, 9.17) is 4.98 Å². The lowest BCUT2D eigenvalue weighted by Crippen LogP contribution is -2.13. The predicted molar refractivity (Wildman–Crippen MR) is 131 cm³/mol. The third-order valence-electron chi connectivity index (χ3n) is 5.82. The lowest BCUT2D eigenvalue weighted by molar-refractivity contribution is -0.137. The van der Waals surface area contributed by atoms with E-state index in [1.54, 1.807) is 18.5 Å². The standard InChI is InChI=1S/C27H20F3N5O/c1-16-4-9-21(33-26(36)17-5-7-20(8-6-17)27(28,29)30)13-19(16)14-23-34-22-10-12-32-25(22)24(35-23)18-3-2-11-31-15-18/h2-13,15,32H,14H2,1H3,(H,33,36). The Kier molecular flexibility index (Phi) is 5.97. The van der Waals surface area contributed by atoms with Gasteiger partial charge in [-0.2, -0.15) is 13.2 Å². The highest BCUT2D eigenvalue weighted by molar-refractivity contribution is 6.04. The van der Waals surface area contributed by atoms with Crippen LogP contribution in [-0.4, -0.2) is 25.8 Å². The van der Waals surface area contributed by atoms with Gasteiger partial charge in [-0.15, -0.1) is 0 Å². The molecule has 0 saturated heterocycles. The zero-order valence-electron chi connectivity index (χ0n) is 19.1. The SMILES string of the molecule is Cc1ccc(NC(=O)c2ccc(C(F)(F)F)cc2)cc1Cc1nc(-c2cccnc2)c2[nH]ccc2n1. The number of nitrogens with one attached hydrogen (secondary N) is 2. The molecule has 2 aromatic carbocycles.